The molecule has 0 spiro atoms. The van der Waals surface area contributed by atoms with Crippen LogP contribution in [0, 0.1) is 5.82 Å². The summed E-state index contributed by atoms with van der Waals surface area (Å²) in [6.07, 6.45) is 1.13. The average Bonchev–Trinajstić information content (AvgIpc) is 2.68. The lowest BCUT2D eigenvalue weighted by molar-refractivity contribution is 0.0675. The Balaban J connectivity index is 1.58. The van der Waals surface area contributed by atoms with Crippen molar-refractivity contribution in [2.45, 2.75) is 18.9 Å². The molecule has 0 bridgehead atoms. The zero-order valence-corrected chi connectivity index (χ0v) is 14.5. The van der Waals surface area contributed by atoms with E-state index < -0.39 is 17.7 Å². The topological polar surface area (TPSA) is 86.7 Å². The fraction of sp³-hybridized carbons (Fsp3) is 0.250. The van der Waals surface area contributed by atoms with Crippen molar-refractivity contribution >= 4 is 17.8 Å². The van der Waals surface area contributed by atoms with Crippen LogP contribution in [0.4, 0.5) is 4.39 Å². The van der Waals surface area contributed by atoms with Crippen LogP contribution in [0.2, 0.25) is 0 Å². The molecule has 1 aliphatic rings. The molecule has 1 fully saturated rings. The maximum atomic E-state index is 13.0. The molecule has 1 saturated heterocycles. The van der Waals surface area contributed by atoms with E-state index in [4.69, 9.17) is 0 Å². The first-order valence-corrected chi connectivity index (χ1v) is 8.63. The number of rotatable bonds is 4. The van der Waals surface area contributed by atoms with Gasteiger partial charge in [0.15, 0.2) is 0 Å². The van der Waals surface area contributed by atoms with Gasteiger partial charge in [-0.05, 0) is 49.2 Å². The second-order valence-corrected chi connectivity index (χ2v) is 6.40. The van der Waals surface area contributed by atoms with Crippen molar-refractivity contribution in [1.82, 2.24) is 10.2 Å². The molecule has 0 aromatic heterocycles. The van der Waals surface area contributed by atoms with Crippen LogP contribution in [-0.2, 0) is 0 Å². The molecule has 0 unspecified atom stereocenters. The third kappa shape index (κ3) is 4.31. The highest BCUT2D eigenvalue weighted by atomic mass is 19.1. The van der Waals surface area contributed by atoms with E-state index in [-0.39, 0.29) is 23.1 Å². The number of piperidine rings is 1. The monoisotopic (exact) mass is 370 g/mol. The van der Waals surface area contributed by atoms with Crippen molar-refractivity contribution in [3.05, 3.63) is 71.0 Å². The molecule has 1 heterocycles. The van der Waals surface area contributed by atoms with Crippen LogP contribution < -0.4 is 5.32 Å². The van der Waals surface area contributed by atoms with E-state index in [0.29, 0.717) is 31.5 Å². The number of carboxylic acid groups (broad SMARTS) is 1. The van der Waals surface area contributed by atoms with E-state index in [2.05, 4.69) is 5.32 Å². The molecule has 1 aliphatic heterocycles. The van der Waals surface area contributed by atoms with Crippen molar-refractivity contribution in [2.24, 2.45) is 0 Å². The van der Waals surface area contributed by atoms with Crippen LogP contribution in [-0.4, -0.2) is 46.9 Å². The smallest absolute Gasteiger partial charge is 0.336 e. The quantitative estimate of drug-likeness (QED) is 0.866. The Labute approximate surface area is 155 Å². The normalized spacial score (nSPS) is 14.6. The summed E-state index contributed by atoms with van der Waals surface area (Å²) in [7, 11) is 0. The fourth-order valence-electron chi connectivity index (χ4n) is 3.13. The minimum Gasteiger partial charge on any atom is -0.478 e. The number of likely N-dealkylation sites (tertiary alicyclic amines) is 1. The summed E-state index contributed by atoms with van der Waals surface area (Å²) in [5.41, 5.74) is 0.503. The Morgan fingerprint density at radius 2 is 1.56 bits per heavy atom. The van der Waals surface area contributed by atoms with Gasteiger partial charge in [-0.3, -0.25) is 9.59 Å². The van der Waals surface area contributed by atoms with Crippen LogP contribution in [0.5, 0.6) is 0 Å². The summed E-state index contributed by atoms with van der Waals surface area (Å²) in [5, 5.41) is 12.0. The lowest BCUT2D eigenvalue weighted by Crippen LogP contribution is -2.46. The number of aromatic carboxylic acids is 1. The first kappa shape index (κ1) is 18.6. The van der Waals surface area contributed by atoms with E-state index >= 15 is 0 Å². The van der Waals surface area contributed by atoms with Gasteiger partial charge in [-0.2, -0.15) is 0 Å². The van der Waals surface area contributed by atoms with Gasteiger partial charge >= 0.3 is 5.97 Å². The summed E-state index contributed by atoms with van der Waals surface area (Å²) in [4.78, 5) is 37.8. The Bertz CT molecular complexity index is 859. The summed E-state index contributed by atoms with van der Waals surface area (Å²) in [6.45, 7) is 0.920. The molecule has 27 heavy (non-hydrogen) atoms. The maximum absolute atomic E-state index is 13.0. The van der Waals surface area contributed by atoms with Gasteiger partial charge in [0.25, 0.3) is 11.8 Å². The van der Waals surface area contributed by atoms with Gasteiger partial charge in [0.1, 0.15) is 5.82 Å². The van der Waals surface area contributed by atoms with E-state index in [0.717, 1.165) is 0 Å². The van der Waals surface area contributed by atoms with Gasteiger partial charge in [-0.1, -0.05) is 12.1 Å². The number of hydrogen-bond acceptors (Lipinski definition) is 3. The van der Waals surface area contributed by atoms with E-state index in [1.807, 2.05) is 0 Å². The summed E-state index contributed by atoms with van der Waals surface area (Å²) in [6, 6.07) is 11.3. The van der Waals surface area contributed by atoms with Crippen LogP contribution in [0.15, 0.2) is 48.5 Å². The van der Waals surface area contributed by atoms with Crippen LogP contribution in [0.1, 0.15) is 43.9 Å². The third-order valence-corrected chi connectivity index (χ3v) is 4.61. The van der Waals surface area contributed by atoms with E-state index in [1.54, 1.807) is 17.0 Å². The second-order valence-electron chi connectivity index (χ2n) is 6.40. The predicted octanol–water partition coefficient (Wildman–Crippen LogP) is 2.56. The first-order valence-electron chi connectivity index (χ1n) is 8.63. The molecule has 0 atom stereocenters. The van der Waals surface area contributed by atoms with Gasteiger partial charge in [0.05, 0.1) is 11.1 Å². The van der Waals surface area contributed by atoms with E-state index in [1.165, 1.54) is 36.4 Å². The number of halogens is 1. The molecule has 2 aromatic carbocycles. The molecule has 0 radical (unpaired) electrons. The molecule has 0 saturated carbocycles. The number of carbonyl (C=O) groups is 3. The van der Waals surface area contributed by atoms with Gasteiger partial charge in [-0.25, -0.2) is 9.18 Å². The molecular weight excluding hydrogens is 351 g/mol. The summed E-state index contributed by atoms with van der Waals surface area (Å²) < 4.78 is 13.0. The highest BCUT2D eigenvalue weighted by molar-refractivity contribution is 6.04. The number of hydrogen-bond donors (Lipinski definition) is 2. The molecule has 140 valence electrons. The SMILES string of the molecule is O=C(O)c1ccccc1C(=O)NC1CCN(C(=O)c2ccc(F)cc2)CC1. The van der Waals surface area contributed by atoms with Crippen molar-refractivity contribution < 1.29 is 23.9 Å². The second kappa shape index (κ2) is 7.99. The molecule has 2 amide bonds. The standard InChI is InChI=1S/C20H19FN2O4/c21-14-7-5-13(6-8-14)19(25)23-11-9-15(10-12-23)22-18(24)16-3-1-2-4-17(16)20(26)27/h1-8,15H,9-12H2,(H,22,24)(H,26,27). The molecule has 0 aliphatic carbocycles. The number of carboxylic acids is 1. The Kier molecular flexibility index (Phi) is 5.49. The van der Waals surface area contributed by atoms with Crippen LogP contribution in [0.3, 0.4) is 0 Å². The highest BCUT2D eigenvalue weighted by Gasteiger charge is 2.26. The first-order chi connectivity index (χ1) is 13.0. The Hall–Kier alpha value is -3.22. The molecule has 2 N–H and O–H groups in total. The predicted molar refractivity (Wildman–Crippen MR) is 96.2 cm³/mol. The molecule has 3 rings (SSSR count). The average molecular weight is 370 g/mol. The van der Waals surface area contributed by atoms with Crippen LogP contribution >= 0.6 is 0 Å². The lowest BCUT2D eigenvalue weighted by atomic mass is 10.0. The van der Waals surface area contributed by atoms with Crippen molar-refractivity contribution in [3.8, 4) is 0 Å². The van der Waals surface area contributed by atoms with Crippen molar-refractivity contribution in [3.63, 3.8) is 0 Å². The zero-order valence-electron chi connectivity index (χ0n) is 14.5. The summed E-state index contributed by atoms with van der Waals surface area (Å²) in [5.74, 6) is -2.15. The minimum absolute atomic E-state index is 0.0427. The van der Waals surface area contributed by atoms with Crippen LogP contribution in [0.25, 0.3) is 0 Å². The number of amides is 2. The molecular formula is C20H19FN2O4. The molecule has 7 heteroatoms. The Morgan fingerprint density at radius 3 is 2.15 bits per heavy atom. The van der Waals surface area contributed by atoms with Gasteiger partial charge in [0.2, 0.25) is 0 Å². The lowest BCUT2D eigenvalue weighted by Gasteiger charge is -2.32. The maximum Gasteiger partial charge on any atom is 0.336 e. The zero-order chi connectivity index (χ0) is 19.4. The highest BCUT2D eigenvalue weighted by Crippen LogP contribution is 2.16. The Morgan fingerprint density at radius 1 is 0.963 bits per heavy atom. The van der Waals surface area contributed by atoms with Gasteiger partial charge in [-0.15, -0.1) is 0 Å². The summed E-state index contributed by atoms with van der Waals surface area (Å²) >= 11 is 0. The molecule has 2 aromatic rings. The van der Waals surface area contributed by atoms with Gasteiger partial charge < -0.3 is 15.3 Å². The number of nitrogens with zero attached hydrogens (tertiary/aromatic N) is 1. The number of carbonyl (C=O) groups excluding carboxylic acids is 2. The van der Waals surface area contributed by atoms with Crippen molar-refractivity contribution in [1.29, 1.82) is 0 Å². The minimum atomic E-state index is -1.15. The van der Waals surface area contributed by atoms with Crippen molar-refractivity contribution in [2.75, 3.05) is 13.1 Å². The fourth-order valence-corrected chi connectivity index (χ4v) is 3.13. The van der Waals surface area contributed by atoms with E-state index in [9.17, 15) is 23.9 Å². The number of benzene rings is 2. The van der Waals surface area contributed by atoms with Gasteiger partial charge in [0, 0.05) is 24.7 Å². The number of nitrogens with one attached hydrogen (secondary N) is 1. The molecule has 6 nitrogen and oxygen atoms in total. The largest absolute Gasteiger partial charge is 0.478 e. The third-order valence-electron chi connectivity index (χ3n) is 4.61.